The van der Waals surface area contributed by atoms with Gasteiger partial charge in [-0.25, -0.2) is 0 Å². The van der Waals surface area contributed by atoms with Gasteiger partial charge in [0, 0.05) is 15.4 Å². The van der Waals surface area contributed by atoms with Crippen molar-refractivity contribution in [2.24, 2.45) is 5.73 Å². The topological polar surface area (TPSA) is 39.2 Å². The van der Waals surface area contributed by atoms with E-state index in [1.807, 2.05) is 12.1 Å². The number of nitrogens with two attached hydrogens (primary N) is 1. The molecule has 0 spiro atoms. The summed E-state index contributed by atoms with van der Waals surface area (Å²) in [6.07, 6.45) is 0. The maximum atomic E-state index is 5.78. The molecule has 2 aromatic rings. The molecule has 0 bridgehead atoms. The summed E-state index contributed by atoms with van der Waals surface area (Å²) in [5, 5.41) is 1.15. The number of halogens is 1. The van der Waals surface area contributed by atoms with Crippen molar-refractivity contribution in [3.05, 3.63) is 34.0 Å². The van der Waals surface area contributed by atoms with E-state index in [9.17, 15) is 0 Å². The maximum Gasteiger partial charge on any atom is 0.134 e. The molecule has 0 fully saturated rings. The number of benzene rings is 1. The summed E-state index contributed by atoms with van der Waals surface area (Å²) >= 11 is 3.49. The Kier molecular flexibility index (Phi) is 2.84. The van der Waals surface area contributed by atoms with Crippen molar-refractivity contribution in [2.75, 3.05) is 0 Å². The van der Waals surface area contributed by atoms with Crippen LogP contribution in [0.4, 0.5) is 0 Å². The van der Waals surface area contributed by atoms with E-state index in [2.05, 4.69) is 42.8 Å². The summed E-state index contributed by atoms with van der Waals surface area (Å²) in [5.41, 5.74) is 7.91. The predicted molar refractivity (Wildman–Crippen MR) is 70.5 cm³/mol. The minimum Gasteiger partial charge on any atom is -0.459 e. The third kappa shape index (κ3) is 1.89. The van der Waals surface area contributed by atoms with Crippen molar-refractivity contribution in [3.8, 4) is 0 Å². The molecule has 0 unspecified atom stereocenters. The molecule has 0 aliphatic rings. The second-order valence-corrected chi connectivity index (χ2v) is 5.91. The largest absolute Gasteiger partial charge is 0.459 e. The van der Waals surface area contributed by atoms with E-state index in [-0.39, 0.29) is 5.41 Å². The summed E-state index contributed by atoms with van der Waals surface area (Å²) in [6, 6.07) is 6.06. The Labute approximate surface area is 104 Å². The van der Waals surface area contributed by atoms with Gasteiger partial charge in [0.1, 0.15) is 11.3 Å². The average Bonchev–Trinajstić information content (AvgIpc) is 2.54. The van der Waals surface area contributed by atoms with Crippen molar-refractivity contribution in [1.82, 2.24) is 0 Å². The number of fused-ring (bicyclic) bond motifs is 1. The van der Waals surface area contributed by atoms with Crippen LogP contribution in [0.25, 0.3) is 11.0 Å². The van der Waals surface area contributed by atoms with E-state index < -0.39 is 0 Å². The fourth-order valence-corrected chi connectivity index (χ4v) is 2.45. The van der Waals surface area contributed by atoms with E-state index in [4.69, 9.17) is 10.2 Å². The predicted octanol–water partition coefficient (Wildman–Crippen LogP) is 3.95. The van der Waals surface area contributed by atoms with Crippen LogP contribution in [0.3, 0.4) is 0 Å². The van der Waals surface area contributed by atoms with Crippen LogP contribution in [0.2, 0.25) is 0 Å². The number of furan rings is 1. The fraction of sp³-hybridized carbons (Fsp3) is 0.385. The molecule has 2 nitrogen and oxygen atoms in total. The smallest absolute Gasteiger partial charge is 0.134 e. The zero-order valence-corrected chi connectivity index (χ0v) is 11.4. The van der Waals surface area contributed by atoms with E-state index in [1.54, 1.807) is 0 Å². The molecule has 86 valence electrons. The monoisotopic (exact) mass is 281 g/mol. The van der Waals surface area contributed by atoms with Crippen LogP contribution in [0, 0.1) is 0 Å². The van der Waals surface area contributed by atoms with Gasteiger partial charge < -0.3 is 10.2 Å². The molecule has 1 aromatic heterocycles. The Morgan fingerprint density at radius 1 is 1.31 bits per heavy atom. The number of hydrogen-bond donors (Lipinski definition) is 1. The van der Waals surface area contributed by atoms with Crippen molar-refractivity contribution in [2.45, 2.75) is 32.7 Å². The normalized spacial score (nSPS) is 12.3. The highest BCUT2D eigenvalue weighted by Gasteiger charge is 2.24. The third-order valence-corrected chi connectivity index (χ3v) is 3.15. The van der Waals surface area contributed by atoms with Crippen molar-refractivity contribution >= 4 is 26.9 Å². The highest BCUT2D eigenvalue weighted by Crippen LogP contribution is 2.36. The Morgan fingerprint density at radius 2 is 2.00 bits per heavy atom. The van der Waals surface area contributed by atoms with Gasteiger partial charge in [-0.15, -0.1) is 0 Å². The molecule has 0 amide bonds. The van der Waals surface area contributed by atoms with Gasteiger partial charge in [-0.05, 0) is 23.6 Å². The van der Waals surface area contributed by atoms with Crippen LogP contribution >= 0.6 is 15.9 Å². The summed E-state index contributed by atoms with van der Waals surface area (Å²) in [6.45, 7) is 6.98. The second kappa shape index (κ2) is 3.90. The highest BCUT2D eigenvalue weighted by atomic mass is 79.9. The Morgan fingerprint density at radius 3 is 2.56 bits per heavy atom. The average molecular weight is 282 g/mol. The fourth-order valence-electron chi connectivity index (χ4n) is 2.09. The summed E-state index contributed by atoms with van der Waals surface area (Å²) < 4.78 is 6.85. The Balaban J connectivity index is 2.81. The van der Waals surface area contributed by atoms with E-state index in [0.717, 1.165) is 21.2 Å². The molecular formula is C13H16BrNO. The minimum absolute atomic E-state index is 0.0424. The van der Waals surface area contributed by atoms with E-state index in [0.29, 0.717) is 6.54 Å². The summed E-state index contributed by atoms with van der Waals surface area (Å²) in [4.78, 5) is 0. The van der Waals surface area contributed by atoms with E-state index >= 15 is 0 Å². The van der Waals surface area contributed by atoms with Gasteiger partial charge in [-0.1, -0.05) is 36.7 Å². The van der Waals surface area contributed by atoms with Crippen LogP contribution < -0.4 is 5.73 Å². The highest BCUT2D eigenvalue weighted by molar-refractivity contribution is 9.10. The first-order chi connectivity index (χ1) is 7.43. The molecule has 16 heavy (non-hydrogen) atoms. The molecule has 0 saturated heterocycles. The van der Waals surface area contributed by atoms with Gasteiger partial charge in [0.25, 0.3) is 0 Å². The molecule has 2 rings (SSSR count). The van der Waals surface area contributed by atoms with E-state index in [1.165, 1.54) is 5.56 Å². The molecule has 0 saturated carbocycles. The van der Waals surface area contributed by atoms with Gasteiger partial charge >= 0.3 is 0 Å². The zero-order chi connectivity index (χ0) is 11.9. The van der Waals surface area contributed by atoms with Crippen LogP contribution in [-0.4, -0.2) is 0 Å². The van der Waals surface area contributed by atoms with Gasteiger partial charge in [0.05, 0.1) is 6.54 Å². The third-order valence-electron chi connectivity index (χ3n) is 2.66. The van der Waals surface area contributed by atoms with Gasteiger partial charge in [-0.3, -0.25) is 0 Å². The lowest BCUT2D eigenvalue weighted by atomic mass is 9.85. The molecule has 1 aromatic carbocycles. The van der Waals surface area contributed by atoms with Crippen molar-refractivity contribution < 1.29 is 4.42 Å². The van der Waals surface area contributed by atoms with Crippen molar-refractivity contribution in [3.63, 3.8) is 0 Å². The first-order valence-corrected chi connectivity index (χ1v) is 6.14. The minimum atomic E-state index is 0.0424. The summed E-state index contributed by atoms with van der Waals surface area (Å²) in [7, 11) is 0. The first-order valence-electron chi connectivity index (χ1n) is 5.35. The van der Waals surface area contributed by atoms with Gasteiger partial charge in [-0.2, -0.15) is 0 Å². The lowest BCUT2D eigenvalue weighted by molar-refractivity contribution is 0.511. The standard InChI is InChI=1S/C13H16BrNO/c1-13(2,3)12-9-6-8(14)4-5-10(9)16-11(12)7-15/h4-6H,7,15H2,1-3H3. The lowest BCUT2D eigenvalue weighted by Gasteiger charge is -2.18. The van der Waals surface area contributed by atoms with Crippen LogP contribution in [0.1, 0.15) is 32.1 Å². The molecule has 0 aliphatic heterocycles. The van der Waals surface area contributed by atoms with Gasteiger partial charge in [0.2, 0.25) is 0 Å². The second-order valence-electron chi connectivity index (χ2n) is 4.99. The Bertz CT molecular complexity index is 522. The van der Waals surface area contributed by atoms with Gasteiger partial charge in [0.15, 0.2) is 0 Å². The molecule has 0 atom stereocenters. The van der Waals surface area contributed by atoms with Crippen molar-refractivity contribution in [1.29, 1.82) is 0 Å². The van der Waals surface area contributed by atoms with Crippen LogP contribution in [0.5, 0.6) is 0 Å². The zero-order valence-electron chi connectivity index (χ0n) is 9.80. The Hall–Kier alpha value is -0.800. The lowest BCUT2D eigenvalue weighted by Crippen LogP contribution is -2.14. The molecule has 0 aliphatic carbocycles. The summed E-state index contributed by atoms with van der Waals surface area (Å²) in [5.74, 6) is 0.889. The number of rotatable bonds is 1. The first kappa shape index (κ1) is 11.7. The maximum absolute atomic E-state index is 5.78. The molecule has 2 N–H and O–H groups in total. The van der Waals surface area contributed by atoms with Crippen LogP contribution in [-0.2, 0) is 12.0 Å². The SMILES string of the molecule is CC(C)(C)c1c(CN)oc2ccc(Br)cc12. The molecule has 1 heterocycles. The quantitative estimate of drug-likeness (QED) is 0.860. The molecule has 0 radical (unpaired) electrons. The number of hydrogen-bond acceptors (Lipinski definition) is 2. The van der Waals surface area contributed by atoms with Crippen LogP contribution in [0.15, 0.2) is 27.1 Å². The molecular weight excluding hydrogens is 266 g/mol. The molecule has 3 heteroatoms.